The van der Waals surface area contributed by atoms with E-state index in [1.165, 1.54) is 12.1 Å². The summed E-state index contributed by atoms with van der Waals surface area (Å²) in [5, 5.41) is 12.4. The summed E-state index contributed by atoms with van der Waals surface area (Å²) in [7, 11) is -4.03. The van der Waals surface area contributed by atoms with Crippen LogP contribution in [0, 0.1) is 0 Å². The van der Waals surface area contributed by atoms with Crippen LogP contribution in [0.3, 0.4) is 0 Å². The van der Waals surface area contributed by atoms with Crippen molar-refractivity contribution in [2.75, 3.05) is 24.5 Å². The van der Waals surface area contributed by atoms with Gasteiger partial charge in [-0.1, -0.05) is 35.9 Å². The second-order valence-corrected chi connectivity index (χ2v) is 8.65. The van der Waals surface area contributed by atoms with Crippen molar-refractivity contribution in [3.63, 3.8) is 0 Å². The number of fused-ring (bicyclic) bond motifs is 1. The lowest BCUT2D eigenvalue weighted by molar-refractivity contribution is -0.0749. The van der Waals surface area contributed by atoms with Gasteiger partial charge in [0.25, 0.3) is 15.9 Å². The zero-order valence-corrected chi connectivity index (χ0v) is 17.2. The number of nitrogens with one attached hydrogen (secondary N) is 2. The van der Waals surface area contributed by atoms with E-state index in [2.05, 4.69) is 20.0 Å². The molecule has 9 nitrogen and oxygen atoms in total. The SMILES string of the molecule is O=S(=O)(Nc1nc2ccccc2nc1OCC1CNC(O)CO1)c1ccccc1Cl. The second-order valence-electron chi connectivity index (χ2n) is 6.59. The van der Waals surface area contributed by atoms with Crippen LogP contribution in [0.1, 0.15) is 0 Å². The van der Waals surface area contributed by atoms with Crippen LogP contribution in [0.25, 0.3) is 11.0 Å². The van der Waals surface area contributed by atoms with Gasteiger partial charge in [-0.25, -0.2) is 18.4 Å². The summed E-state index contributed by atoms with van der Waals surface area (Å²) < 4.78 is 39.4. The van der Waals surface area contributed by atoms with E-state index in [-0.39, 0.29) is 40.9 Å². The lowest BCUT2D eigenvalue weighted by Gasteiger charge is -2.27. The van der Waals surface area contributed by atoms with Crippen LogP contribution in [-0.4, -0.2) is 55.6 Å². The van der Waals surface area contributed by atoms with Crippen molar-refractivity contribution in [1.29, 1.82) is 0 Å². The van der Waals surface area contributed by atoms with Crippen LogP contribution in [0.4, 0.5) is 5.82 Å². The molecule has 158 valence electrons. The van der Waals surface area contributed by atoms with Crippen LogP contribution in [0.5, 0.6) is 5.88 Å². The van der Waals surface area contributed by atoms with Gasteiger partial charge >= 0.3 is 0 Å². The van der Waals surface area contributed by atoms with Gasteiger partial charge in [0.1, 0.15) is 23.8 Å². The number of para-hydroxylation sites is 2. The summed E-state index contributed by atoms with van der Waals surface area (Å²) in [5.41, 5.74) is 1.05. The summed E-state index contributed by atoms with van der Waals surface area (Å²) in [6.45, 7) is 0.597. The highest BCUT2D eigenvalue weighted by Crippen LogP contribution is 2.28. The molecule has 4 rings (SSSR count). The van der Waals surface area contributed by atoms with Gasteiger partial charge in [-0.05, 0) is 24.3 Å². The normalized spacial score (nSPS) is 19.5. The largest absolute Gasteiger partial charge is 0.472 e. The van der Waals surface area contributed by atoms with Crippen molar-refractivity contribution >= 4 is 38.5 Å². The van der Waals surface area contributed by atoms with E-state index in [0.29, 0.717) is 17.6 Å². The van der Waals surface area contributed by atoms with E-state index in [9.17, 15) is 13.5 Å². The van der Waals surface area contributed by atoms with E-state index in [0.717, 1.165) is 0 Å². The highest BCUT2D eigenvalue weighted by atomic mass is 35.5. The van der Waals surface area contributed by atoms with Crippen molar-refractivity contribution in [3.8, 4) is 5.88 Å². The van der Waals surface area contributed by atoms with Gasteiger partial charge in [-0.3, -0.25) is 10.0 Å². The number of morpholine rings is 1. The molecule has 1 aliphatic heterocycles. The number of hydrogen-bond donors (Lipinski definition) is 3. The van der Waals surface area contributed by atoms with Crippen molar-refractivity contribution < 1.29 is 23.0 Å². The summed E-state index contributed by atoms with van der Waals surface area (Å²) in [4.78, 5) is 8.70. The quantitative estimate of drug-likeness (QED) is 0.519. The first-order valence-corrected chi connectivity index (χ1v) is 11.0. The third-order valence-electron chi connectivity index (χ3n) is 4.37. The average Bonchev–Trinajstić information content (AvgIpc) is 2.73. The molecule has 30 heavy (non-hydrogen) atoms. The minimum atomic E-state index is -4.03. The molecule has 1 saturated heterocycles. The average molecular weight is 451 g/mol. The lowest BCUT2D eigenvalue weighted by atomic mass is 10.3. The molecule has 0 amide bonds. The van der Waals surface area contributed by atoms with Crippen molar-refractivity contribution in [1.82, 2.24) is 15.3 Å². The topological polar surface area (TPSA) is 123 Å². The number of halogens is 1. The van der Waals surface area contributed by atoms with E-state index < -0.39 is 16.3 Å². The molecule has 0 bridgehead atoms. The minimum absolute atomic E-state index is 0.0130. The fourth-order valence-electron chi connectivity index (χ4n) is 2.89. The maximum atomic E-state index is 12.9. The fraction of sp³-hybridized carbons (Fsp3) is 0.263. The van der Waals surface area contributed by atoms with Gasteiger partial charge in [-0.2, -0.15) is 0 Å². The number of aliphatic hydroxyl groups is 1. The van der Waals surface area contributed by atoms with Crippen LogP contribution in [-0.2, 0) is 14.8 Å². The zero-order valence-electron chi connectivity index (χ0n) is 15.7. The summed E-state index contributed by atoms with van der Waals surface area (Å²) >= 11 is 6.05. The standard InChI is InChI=1S/C19H19ClN4O5S/c20-13-5-1-4-8-16(13)30(26,27)24-18-19(23-15-7-3-2-6-14(15)22-18)29-10-12-9-21-17(25)11-28-12/h1-8,12,17,21,25H,9-11H2,(H,22,24). The molecule has 2 heterocycles. The van der Waals surface area contributed by atoms with Gasteiger partial charge in [0.2, 0.25) is 5.82 Å². The van der Waals surface area contributed by atoms with Crippen molar-refractivity contribution in [3.05, 3.63) is 53.6 Å². The second kappa shape index (κ2) is 8.70. The number of rotatable bonds is 6. The maximum Gasteiger partial charge on any atom is 0.264 e. The lowest BCUT2D eigenvalue weighted by Crippen LogP contribution is -2.48. The number of anilines is 1. The molecular formula is C19H19ClN4O5S. The summed E-state index contributed by atoms with van der Waals surface area (Å²) in [6.07, 6.45) is -1.06. The smallest absolute Gasteiger partial charge is 0.264 e. The predicted octanol–water partition coefficient (Wildman–Crippen LogP) is 1.77. The molecule has 1 aliphatic rings. The van der Waals surface area contributed by atoms with E-state index in [1.54, 1.807) is 36.4 Å². The fourth-order valence-corrected chi connectivity index (χ4v) is 4.41. The monoisotopic (exact) mass is 450 g/mol. The number of sulfonamides is 1. The third-order valence-corrected chi connectivity index (χ3v) is 6.21. The van der Waals surface area contributed by atoms with E-state index >= 15 is 0 Å². The Morgan fingerprint density at radius 2 is 1.87 bits per heavy atom. The van der Waals surface area contributed by atoms with Crippen molar-refractivity contribution in [2.45, 2.75) is 17.2 Å². The Balaban J connectivity index is 1.64. The predicted molar refractivity (Wildman–Crippen MR) is 111 cm³/mol. The van der Waals surface area contributed by atoms with Crippen LogP contribution < -0.4 is 14.8 Å². The van der Waals surface area contributed by atoms with Crippen LogP contribution in [0.2, 0.25) is 5.02 Å². The number of aliphatic hydroxyl groups excluding tert-OH is 1. The summed E-state index contributed by atoms with van der Waals surface area (Å²) in [5.74, 6) is -0.0449. The number of hydrogen-bond acceptors (Lipinski definition) is 8. The Hall–Kier alpha value is -2.50. The molecule has 1 fully saturated rings. The molecule has 3 N–H and O–H groups in total. The first kappa shape index (κ1) is 20.8. The molecule has 2 unspecified atom stereocenters. The van der Waals surface area contributed by atoms with Gasteiger partial charge in [0, 0.05) is 6.54 Å². The first-order chi connectivity index (χ1) is 14.4. The van der Waals surface area contributed by atoms with Crippen LogP contribution >= 0.6 is 11.6 Å². The first-order valence-electron chi connectivity index (χ1n) is 9.12. The van der Waals surface area contributed by atoms with E-state index in [1.807, 2.05) is 0 Å². The Labute approximate surface area is 178 Å². The molecule has 0 spiro atoms. The molecular weight excluding hydrogens is 432 g/mol. The van der Waals surface area contributed by atoms with Gasteiger partial charge in [0.05, 0.1) is 22.7 Å². The van der Waals surface area contributed by atoms with Gasteiger partial charge in [0.15, 0.2) is 0 Å². The Bertz CT molecular complexity index is 1150. The molecule has 0 aliphatic carbocycles. The van der Waals surface area contributed by atoms with Crippen LogP contribution in [0.15, 0.2) is 53.4 Å². The van der Waals surface area contributed by atoms with Crippen molar-refractivity contribution in [2.24, 2.45) is 0 Å². The third kappa shape index (κ3) is 4.63. The molecule has 11 heteroatoms. The Kier molecular flexibility index (Phi) is 6.02. The minimum Gasteiger partial charge on any atom is -0.472 e. The molecule has 1 aromatic heterocycles. The number of benzene rings is 2. The Morgan fingerprint density at radius 3 is 2.57 bits per heavy atom. The highest BCUT2D eigenvalue weighted by molar-refractivity contribution is 7.92. The zero-order chi connectivity index (χ0) is 21.1. The molecule has 0 radical (unpaired) electrons. The Morgan fingerprint density at radius 1 is 1.17 bits per heavy atom. The number of nitrogens with zero attached hydrogens (tertiary/aromatic N) is 2. The molecule has 2 aromatic carbocycles. The van der Waals surface area contributed by atoms with E-state index in [4.69, 9.17) is 21.1 Å². The van der Waals surface area contributed by atoms with Gasteiger partial charge < -0.3 is 14.6 Å². The molecule has 3 aromatic rings. The number of aromatic nitrogens is 2. The number of ether oxygens (including phenoxy) is 2. The molecule has 2 atom stereocenters. The maximum absolute atomic E-state index is 12.9. The molecule has 0 saturated carbocycles. The summed E-state index contributed by atoms with van der Waals surface area (Å²) in [6, 6.07) is 13.1. The van der Waals surface area contributed by atoms with Gasteiger partial charge in [-0.15, -0.1) is 0 Å². The highest BCUT2D eigenvalue weighted by Gasteiger charge is 2.24.